The van der Waals surface area contributed by atoms with E-state index in [4.69, 9.17) is 9.84 Å². The van der Waals surface area contributed by atoms with Crippen LogP contribution in [0.2, 0.25) is 0 Å². The highest BCUT2D eigenvalue weighted by atomic mass is 32.1. The summed E-state index contributed by atoms with van der Waals surface area (Å²) in [6, 6.07) is 2.01. The molecule has 1 saturated heterocycles. The average molecular weight is 293 g/mol. The first-order valence-corrected chi connectivity index (χ1v) is 7.54. The van der Waals surface area contributed by atoms with Crippen molar-refractivity contribution >= 4 is 17.2 Å². The number of hydrogen-bond acceptors (Lipinski definition) is 4. The van der Waals surface area contributed by atoms with E-state index in [1.807, 2.05) is 24.8 Å². The number of rotatable bonds is 2. The first kappa shape index (κ1) is 15.0. The predicted octanol–water partition coefficient (Wildman–Crippen LogP) is 1.65. The van der Waals surface area contributed by atoms with Crippen molar-refractivity contribution in [1.82, 2.24) is 4.90 Å². The SMILES string of the molecule is Cc1cc(C(=O)N2CCOCC2C)sc1C#CCCO. The van der Waals surface area contributed by atoms with Crippen molar-refractivity contribution in [3.05, 3.63) is 21.4 Å². The fourth-order valence-corrected chi connectivity index (χ4v) is 3.08. The number of aliphatic hydroxyl groups excluding tert-OH is 1. The molecule has 0 saturated carbocycles. The molecule has 1 fully saturated rings. The predicted molar refractivity (Wildman–Crippen MR) is 79.0 cm³/mol. The van der Waals surface area contributed by atoms with Gasteiger partial charge in [-0.1, -0.05) is 11.8 Å². The molecule has 1 aromatic rings. The quantitative estimate of drug-likeness (QED) is 0.844. The third-order valence-corrected chi connectivity index (χ3v) is 4.34. The maximum Gasteiger partial charge on any atom is 0.264 e. The van der Waals surface area contributed by atoms with E-state index in [0.29, 0.717) is 26.2 Å². The van der Waals surface area contributed by atoms with Gasteiger partial charge in [0.1, 0.15) is 0 Å². The molecule has 1 atom stereocenters. The van der Waals surface area contributed by atoms with E-state index in [-0.39, 0.29) is 18.6 Å². The van der Waals surface area contributed by atoms with Crippen LogP contribution in [0.3, 0.4) is 0 Å². The summed E-state index contributed by atoms with van der Waals surface area (Å²) in [5.41, 5.74) is 1.02. The molecule has 2 rings (SSSR count). The van der Waals surface area contributed by atoms with Crippen LogP contribution in [0.15, 0.2) is 6.07 Å². The summed E-state index contributed by atoms with van der Waals surface area (Å²) in [7, 11) is 0. The van der Waals surface area contributed by atoms with E-state index in [1.54, 1.807) is 0 Å². The molecule has 0 radical (unpaired) electrons. The van der Waals surface area contributed by atoms with Crippen LogP contribution in [0, 0.1) is 18.8 Å². The lowest BCUT2D eigenvalue weighted by molar-refractivity contribution is 0.00386. The lowest BCUT2D eigenvalue weighted by Gasteiger charge is -2.32. The summed E-state index contributed by atoms with van der Waals surface area (Å²) in [6.07, 6.45) is 0.459. The van der Waals surface area contributed by atoms with E-state index in [0.717, 1.165) is 15.3 Å². The van der Waals surface area contributed by atoms with Gasteiger partial charge in [-0.05, 0) is 25.5 Å². The summed E-state index contributed by atoms with van der Waals surface area (Å²) in [5, 5.41) is 8.73. The highest BCUT2D eigenvalue weighted by molar-refractivity contribution is 7.14. The largest absolute Gasteiger partial charge is 0.395 e. The second-order valence-electron chi connectivity index (χ2n) is 4.82. The molecule has 0 bridgehead atoms. The van der Waals surface area contributed by atoms with Crippen LogP contribution in [0.1, 0.15) is 33.5 Å². The molecule has 20 heavy (non-hydrogen) atoms. The van der Waals surface area contributed by atoms with Gasteiger partial charge in [-0.3, -0.25) is 4.79 Å². The van der Waals surface area contributed by atoms with E-state index in [1.165, 1.54) is 11.3 Å². The monoisotopic (exact) mass is 293 g/mol. The number of aryl methyl sites for hydroxylation is 1. The normalized spacial score (nSPS) is 18.6. The van der Waals surface area contributed by atoms with Gasteiger partial charge in [0.15, 0.2) is 0 Å². The van der Waals surface area contributed by atoms with Crippen molar-refractivity contribution in [2.24, 2.45) is 0 Å². The molecule has 0 aromatic carbocycles. The Kier molecular flexibility index (Phi) is 5.18. The van der Waals surface area contributed by atoms with Crippen LogP contribution in [-0.4, -0.2) is 48.3 Å². The Morgan fingerprint density at radius 2 is 2.45 bits per heavy atom. The van der Waals surface area contributed by atoms with Crippen LogP contribution in [-0.2, 0) is 4.74 Å². The third kappa shape index (κ3) is 3.40. The molecular weight excluding hydrogens is 274 g/mol. The first-order valence-electron chi connectivity index (χ1n) is 6.72. The number of nitrogens with zero attached hydrogens (tertiary/aromatic N) is 1. The number of carbonyl (C=O) groups excluding carboxylic acids is 1. The van der Waals surface area contributed by atoms with Gasteiger partial charge < -0.3 is 14.7 Å². The maximum atomic E-state index is 12.5. The van der Waals surface area contributed by atoms with Crippen LogP contribution >= 0.6 is 11.3 Å². The van der Waals surface area contributed by atoms with Crippen molar-refractivity contribution in [2.45, 2.75) is 26.3 Å². The van der Waals surface area contributed by atoms with Crippen molar-refractivity contribution in [3.8, 4) is 11.8 Å². The highest BCUT2D eigenvalue weighted by Gasteiger charge is 2.26. The van der Waals surface area contributed by atoms with Crippen molar-refractivity contribution in [2.75, 3.05) is 26.4 Å². The molecule has 0 spiro atoms. The molecule has 1 aromatic heterocycles. The second kappa shape index (κ2) is 6.89. The van der Waals surface area contributed by atoms with Gasteiger partial charge in [-0.2, -0.15) is 0 Å². The van der Waals surface area contributed by atoms with E-state index in [2.05, 4.69) is 11.8 Å². The van der Waals surface area contributed by atoms with Crippen molar-refractivity contribution < 1.29 is 14.6 Å². The van der Waals surface area contributed by atoms with E-state index in [9.17, 15) is 4.79 Å². The second-order valence-corrected chi connectivity index (χ2v) is 5.87. The third-order valence-electron chi connectivity index (χ3n) is 3.20. The van der Waals surface area contributed by atoms with Gasteiger partial charge >= 0.3 is 0 Å². The van der Waals surface area contributed by atoms with Crippen LogP contribution in [0.4, 0.5) is 0 Å². The van der Waals surface area contributed by atoms with Gasteiger partial charge in [0.2, 0.25) is 0 Å². The van der Waals surface area contributed by atoms with Crippen LogP contribution in [0.25, 0.3) is 0 Å². The number of ether oxygens (including phenoxy) is 1. The standard InChI is InChI=1S/C15H19NO3S/c1-11-9-14(20-13(11)5-3-4-7-17)15(18)16-6-8-19-10-12(16)2/h9,12,17H,4,6-8,10H2,1-2H3. The summed E-state index contributed by atoms with van der Waals surface area (Å²) < 4.78 is 5.36. The first-order chi connectivity index (χ1) is 9.63. The average Bonchev–Trinajstić information content (AvgIpc) is 2.80. The van der Waals surface area contributed by atoms with Gasteiger partial charge in [0.05, 0.1) is 35.6 Å². The summed E-state index contributed by atoms with van der Waals surface area (Å²) in [4.78, 5) is 16.0. The minimum atomic E-state index is 0.0594. The highest BCUT2D eigenvalue weighted by Crippen LogP contribution is 2.23. The maximum absolute atomic E-state index is 12.5. The Morgan fingerprint density at radius 1 is 1.65 bits per heavy atom. The zero-order valence-electron chi connectivity index (χ0n) is 11.8. The lowest BCUT2D eigenvalue weighted by Crippen LogP contribution is -2.46. The van der Waals surface area contributed by atoms with Crippen LogP contribution < -0.4 is 0 Å². The number of hydrogen-bond donors (Lipinski definition) is 1. The zero-order valence-corrected chi connectivity index (χ0v) is 12.6. The molecule has 2 heterocycles. The number of aliphatic hydroxyl groups is 1. The van der Waals surface area contributed by atoms with Gasteiger partial charge in [0, 0.05) is 13.0 Å². The smallest absolute Gasteiger partial charge is 0.264 e. The Morgan fingerprint density at radius 3 is 3.15 bits per heavy atom. The van der Waals surface area contributed by atoms with E-state index >= 15 is 0 Å². The zero-order chi connectivity index (χ0) is 14.5. The molecule has 1 amide bonds. The van der Waals surface area contributed by atoms with Gasteiger partial charge in [-0.15, -0.1) is 11.3 Å². The number of thiophene rings is 1. The number of amides is 1. The molecule has 1 N–H and O–H groups in total. The summed E-state index contributed by atoms with van der Waals surface area (Å²) >= 11 is 1.43. The molecule has 1 unspecified atom stereocenters. The van der Waals surface area contributed by atoms with Gasteiger partial charge in [0.25, 0.3) is 5.91 Å². The molecule has 1 aliphatic heterocycles. The molecule has 108 valence electrons. The summed E-state index contributed by atoms with van der Waals surface area (Å²) in [5.74, 6) is 5.97. The number of carbonyl (C=O) groups is 1. The summed E-state index contributed by atoms with van der Waals surface area (Å²) in [6.45, 7) is 5.86. The molecule has 1 aliphatic rings. The van der Waals surface area contributed by atoms with Crippen molar-refractivity contribution in [3.63, 3.8) is 0 Å². The molecule has 0 aliphatic carbocycles. The Hall–Kier alpha value is -1.35. The van der Waals surface area contributed by atoms with E-state index < -0.39 is 0 Å². The number of morpholine rings is 1. The lowest BCUT2D eigenvalue weighted by atomic mass is 10.2. The fourth-order valence-electron chi connectivity index (χ4n) is 2.08. The molecular formula is C15H19NO3S. The van der Waals surface area contributed by atoms with Crippen LogP contribution in [0.5, 0.6) is 0 Å². The minimum Gasteiger partial charge on any atom is -0.395 e. The topological polar surface area (TPSA) is 49.8 Å². The Labute approximate surface area is 123 Å². The van der Waals surface area contributed by atoms with Gasteiger partial charge in [-0.25, -0.2) is 0 Å². The Bertz CT molecular complexity index is 541. The molecule has 5 heteroatoms. The molecule has 4 nitrogen and oxygen atoms in total. The fraction of sp³-hybridized carbons (Fsp3) is 0.533. The van der Waals surface area contributed by atoms with Crippen molar-refractivity contribution in [1.29, 1.82) is 0 Å². The minimum absolute atomic E-state index is 0.0594. The Balaban J connectivity index is 2.15.